The molecular formula is C14H21N3O4. The average molecular weight is 295 g/mol. The summed E-state index contributed by atoms with van der Waals surface area (Å²) >= 11 is 0. The highest BCUT2D eigenvalue weighted by Gasteiger charge is 2.23. The number of unbranched alkanes of at least 4 members (excludes halogenated alkanes) is 1. The van der Waals surface area contributed by atoms with E-state index in [0.717, 1.165) is 19.3 Å². The second kappa shape index (κ2) is 7.12. The van der Waals surface area contributed by atoms with E-state index in [1.165, 1.54) is 6.07 Å². The normalized spacial score (nSPS) is 14.6. The van der Waals surface area contributed by atoms with E-state index in [0.29, 0.717) is 36.9 Å². The highest BCUT2D eigenvalue weighted by atomic mass is 16.6. The van der Waals surface area contributed by atoms with Crippen molar-refractivity contribution in [3.63, 3.8) is 0 Å². The number of anilines is 1. The van der Waals surface area contributed by atoms with E-state index in [4.69, 9.17) is 15.2 Å². The van der Waals surface area contributed by atoms with Crippen molar-refractivity contribution in [2.24, 2.45) is 5.73 Å². The minimum atomic E-state index is -0.423. The molecular weight excluding hydrogens is 274 g/mol. The lowest BCUT2D eigenvalue weighted by Crippen LogP contribution is -2.29. The summed E-state index contributed by atoms with van der Waals surface area (Å²) in [5, 5.41) is 14.4. The van der Waals surface area contributed by atoms with Gasteiger partial charge in [0.05, 0.1) is 11.0 Å². The van der Waals surface area contributed by atoms with Crippen LogP contribution in [0.2, 0.25) is 0 Å². The van der Waals surface area contributed by atoms with Gasteiger partial charge in [-0.15, -0.1) is 0 Å². The Morgan fingerprint density at radius 1 is 1.38 bits per heavy atom. The van der Waals surface area contributed by atoms with Gasteiger partial charge in [-0.2, -0.15) is 0 Å². The number of nitro benzene ring substituents is 1. The van der Waals surface area contributed by atoms with Gasteiger partial charge < -0.3 is 20.5 Å². The van der Waals surface area contributed by atoms with Crippen LogP contribution in [0.25, 0.3) is 0 Å². The Labute approximate surface area is 123 Å². The highest BCUT2D eigenvalue weighted by molar-refractivity contribution is 5.69. The molecule has 7 heteroatoms. The Balaban J connectivity index is 2.25. The van der Waals surface area contributed by atoms with Crippen molar-refractivity contribution in [3.05, 3.63) is 22.2 Å². The smallest absolute Gasteiger partial charge is 0.296 e. The number of nitro groups is 1. The minimum absolute atomic E-state index is 0.00575. The van der Waals surface area contributed by atoms with Crippen LogP contribution in [0.3, 0.4) is 0 Å². The third kappa shape index (κ3) is 3.75. The van der Waals surface area contributed by atoms with Crippen LogP contribution in [-0.2, 0) is 0 Å². The van der Waals surface area contributed by atoms with Gasteiger partial charge in [0.25, 0.3) is 5.69 Å². The number of nitrogens with one attached hydrogen (secondary N) is 1. The van der Waals surface area contributed by atoms with E-state index in [2.05, 4.69) is 12.2 Å². The maximum absolute atomic E-state index is 11.2. The fourth-order valence-electron chi connectivity index (χ4n) is 2.26. The summed E-state index contributed by atoms with van der Waals surface area (Å²) in [5.74, 6) is 0.942. The molecule has 3 N–H and O–H groups in total. The number of benzene rings is 1. The number of nitrogens with two attached hydrogens (primary N) is 1. The molecule has 21 heavy (non-hydrogen) atoms. The third-order valence-corrected chi connectivity index (χ3v) is 3.41. The van der Waals surface area contributed by atoms with Crippen molar-refractivity contribution in [3.8, 4) is 11.5 Å². The predicted octanol–water partition coefficient (Wildman–Crippen LogP) is 2.30. The van der Waals surface area contributed by atoms with Crippen molar-refractivity contribution in [2.45, 2.75) is 32.2 Å². The fourth-order valence-corrected chi connectivity index (χ4v) is 2.26. The summed E-state index contributed by atoms with van der Waals surface area (Å²) in [5.41, 5.74) is 6.14. The quantitative estimate of drug-likeness (QED) is 0.591. The largest absolute Gasteiger partial charge is 0.486 e. The zero-order valence-electron chi connectivity index (χ0n) is 12.1. The van der Waals surface area contributed by atoms with E-state index in [1.54, 1.807) is 6.07 Å². The molecule has 0 amide bonds. The Bertz CT molecular complexity index is 507. The van der Waals surface area contributed by atoms with Gasteiger partial charge in [0.15, 0.2) is 11.5 Å². The van der Waals surface area contributed by atoms with Gasteiger partial charge in [-0.1, -0.05) is 19.8 Å². The van der Waals surface area contributed by atoms with Crippen molar-refractivity contribution in [1.82, 2.24) is 0 Å². The summed E-state index contributed by atoms with van der Waals surface area (Å²) in [6, 6.07) is 3.04. The molecule has 0 aliphatic carbocycles. The zero-order chi connectivity index (χ0) is 15.2. The maximum Gasteiger partial charge on any atom is 0.296 e. The zero-order valence-corrected chi connectivity index (χ0v) is 12.1. The van der Waals surface area contributed by atoms with Crippen LogP contribution in [-0.4, -0.2) is 30.7 Å². The van der Waals surface area contributed by atoms with Gasteiger partial charge in [-0.05, 0) is 6.42 Å². The standard InChI is InChI=1S/C14H21N3O4/c1-2-3-4-10(9-15)16-11-7-13-14(21-6-5-20-13)8-12(11)17(18)19/h7-8,10,16H,2-6,9,15H2,1H3. The second-order valence-electron chi connectivity index (χ2n) is 4.99. The van der Waals surface area contributed by atoms with Crippen molar-refractivity contribution < 1.29 is 14.4 Å². The van der Waals surface area contributed by atoms with Crippen molar-refractivity contribution in [1.29, 1.82) is 0 Å². The first-order valence-electron chi connectivity index (χ1n) is 7.20. The second-order valence-corrected chi connectivity index (χ2v) is 4.99. The summed E-state index contributed by atoms with van der Waals surface area (Å²) in [7, 11) is 0. The molecule has 0 saturated heterocycles. The van der Waals surface area contributed by atoms with E-state index in [1.807, 2.05) is 0 Å². The molecule has 0 spiro atoms. The Morgan fingerprint density at radius 3 is 2.62 bits per heavy atom. The molecule has 0 bridgehead atoms. The van der Waals surface area contributed by atoms with Crippen molar-refractivity contribution >= 4 is 11.4 Å². The SMILES string of the molecule is CCCCC(CN)Nc1cc2c(cc1[N+](=O)[O-])OCCO2. The Morgan fingerprint density at radius 2 is 2.05 bits per heavy atom. The maximum atomic E-state index is 11.2. The molecule has 0 aromatic heterocycles. The molecule has 1 unspecified atom stereocenters. The molecule has 7 nitrogen and oxygen atoms in total. The summed E-state index contributed by atoms with van der Waals surface area (Å²) in [6.45, 7) is 3.37. The van der Waals surface area contributed by atoms with E-state index in [9.17, 15) is 10.1 Å². The average Bonchev–Trinajstić information content (AvgIpc) is 2.50. The molecule has 116 valence electrons. The molecule has 0 radical (unpaired) electrons. The molecule has 1 aromatic carbocycles. The predicted molar refractivity (Wildman–Crippen MR) is 80.1 cm³/mol. The molecule has 1 aliphatic rings. The lowest BCUT2D eigenvalue weighted by Gasteiger charge is -2.22. The lowest BCUT2D eigenvalue weighted by molar-refractivity contribution is -0.384. The molecule has 1 aromatic rings. The van der Waals surface area contributed by atoms with Gasteiger partial charge in [-0.25, -0.2) is 0 Å². The molecule has 1 heterocycles. The Hall–Kier alpha value is -2.02. The first kappa shape index (κ1) is 15.4. The number of fused-ring (bicyclic) bond motifs is 1. The minimum Gasteiger partial charge on any atom is -0.486 e. The fraction of sp³-hybridized carbons (Fsp3) is 0.571. The number of hydrogen-bond donors (Lipinski definition) is 2. The highest BCUT2D eigenvalue weighted by Crippen LogP contribution is 2.39. The van der Waals surface area contributed by atoms with E-state index < -0.39 is 4.92 Å². The number of nitrogens with zero attached hydrogens (tertiary/aromatic N) is 1. The van der Waals surface area contributed by atoms with Gasteiger partial charge in [0, 0.05) is 18.7 Å². The number of hydrogen-bond acceptors (Lipinski definition) is 6. The van der Waals surface area contributed by atoms with Crippen LogP contribution in [0, 0.1) is 10.1 Å². The monoisotopic (exact) mass is 295 g/mol. The topological polar surface area (TPSA) is 99.7 Å². The van der Waals surface area contributed by atoms with Gasteiger partial charge >= 0.3 is 0 Å². The molecule has 0 saturated carbocycles. The Kier molecular flexibility index (Phi) is 5.21. The molecule has 2 rings (SSSR count). The third-order valence-electron chi connectivity index (χ3n) is 3.41. The van der Waals surface area contributed by atoms with Gasteiger partial charge in [0.1, 0.15) is 18.9 Å². The van der Waals surface area contributed by atoms with E-state index in [-0.39, 0.29) is 11.7 Å². The van der Waals surface area contributed by atoms with Crippen molar-refractivity contribution in [2.75, 3.05) is 25.1 Å². The van der Waals surface area contributed by atoms with Crippen LogP contribution in [0.5, 0.6) is 11.5 Å². The lowest BCUT2D eigenvalue weighted by atomic mass is 10.1. The first-order valence-corrected chi connectivity index (χ1v) is 7.20. The van der Waals surface area contributed by atoms with Crippen LogP contribution in [0.15, 0.2) is 12.1 Å². The summed E-state index contributed by atoms with van der Waals surface area (Å²) in [6.07, 6.45) is 2.95. The van der Waals surface area contributed by atoms with Crippen LogP contribution >= 0.6 is 0 Å². The van der Waals surface area contributed by atoms with Gasteiger partial charge in [-0.3, -0.25) is 10.1 Å². The summed E-state index contributed by atoms with van der Waals surface area (Å²) in [4.78, 5) is 10.8. The summed E-state index contributed by atoms with van der Waals surface area (Å²) < 4.78 is 10.9. The molecule has 1 aliphatic heterocycles. The molecule has 0 fully saturated rings. The van der Waals surface area contributed by atoms with Crippen LogP contribution in [0.1, 0.15) is 26.2 Å². The van der Waals surface area contributed by atoms with Gasteiger partial charge in [0.2, 0.25) is 0 Å². The first-order chi connectivity index (χ1) is 10.2. The number of ether oxygens (including phenoxy) is 2. The van der Waals surface area contributed by atoms with Crippen LogP contribution < -0.4 is 20.5 Å². The van der Waals surface area contributed by atoms with E-state index >= 15 is 0 Å². The molecule has 1 atom stereocenters. The number of rotatable bonds is 7. The van der Waals surface area contributed by atoms with Crippen LogP contribution in [0.4, 0.5) is 11.4 Å².